The molecule has 2 rings (SSSR count). The first-order chi connectivity index (χ1) is 12.0. The Balaban J connectivity index is 1.75. The normalized spacial score (nSPS) is 11.5. The zero-order valence-electron chi connectivity index (χ0n) is 13.5. The second-order valence-corrected chi connectivity index (χ2v) is 5.63. The van der Waals surface area contributed by atoms with Gasteiger partial charge in [-0.15, -0.1) is 0 Å². The molecule has 0 saturated carbocycles. The number of carbonyl (C=O) groups excluding carboxylic acids is 2. The SMILES string of the molecule is CC(Oc1cccc(Cl)c1)C(=O)OCC(=O)NCc1ccccc1F. The van der Waals surface area contributed by atoms with Gasteiger partial charge in [-0.3, -0.25) is 4.79 Å². The van der Waals surface area contributed by atoms with Crippen molar-refractivity contribution in [1.82, 2.24) is 5.32 Å². The third kappa shape index (κ3) is 6.08. The van der Waals surface area contributed by atoms with Gasteiger partial charge in [-0.1, -0.05) is 35.9 Å². The van der Waals surface area contributed by atoms with Gasteiger partial charge in [-0.05, 0) is 31.2 Å². The van der Waals surface area contributed by atoms with E-state index in [0.717, 1.165) is 0 Å². The van der Waals surface area contributed by atoms with Crippen LogP contribution in [0.2, 0.25) is 5.02 Å². The molecule has 2 aromatic carbocycles. The molecule has 7 heteroatoms. The van der Waals surface area contributed by atoms with Crippen molar-refractivity contribution in [1.29, 1.82) is 0 Å². The number of hydrogen-bond acceptors (Lipinski definition) is 4. The Kier molecular flexibility index (Phi) is 6.77. The molecule has 0 heterocycles. The summed E-state index contributed by atoms with van der Waals surface area (Å²) < 4.78 is 23.7. The van der Waals surface area contributed by atoms with Crippen molar-refractivity contribution in [2.24, 2.45) is 0 Å². The van der Waals surface area contributed by atoms with Gasteiger partial charge < -0.3 is 14.8 Å². The maximum Gasteiger partial charge on any atom is 0.347 e. The van der Waals surface area contributed by atoms with Crippen LogP contribution in [0.25, 0.3) is 0 Å². The van der Waals surface area contributed by atoms with Crippen molar-refractivity contribution in [2.45, 2.75) is 19.6 Å². The summed E-state index contributed by atoms with van der Waals surface area (Å²) in [5, 5.41) is 2.95. The summed E-state index contributed by atoms with van der Waals surface area (Å²) in [5.74, 6) is -1.23. The van der Waals surface area contributed by atoms with Gasteiger partial charge in [-0.2, -0.15) is 0 Å². The van der Waals surface area contributed by atoms with E-state index in [-0.39, 0.29) is 6.54 Å². The highest BCUT2D eigenvalue weighted by Crippen LogP contribution is 2.18. The first-order valence-electron chi connectivity index (χ1n) is 7.54. The number of nitrogens with one attached hydrogen (secondary N) is 1. The summed E-state index contributed by atoms with van der Waals surface area (Å²) in [6, 6.07) is 12.7. The molecular weight excluding hydrogens is 349 g/mol. The Bertz CT molecular complexity index is 753. The van der Waals surface area contributed by atoms with Crippen molar-refractivity contribution in [3.63, 3.8) is 0 Å². The lowest BCUT2D eigenvalue weighted by Gasteiger charge is -2.14. The van der Waals surface area contributed by atoms with Crippen LogP contribution in [-0.4, -0.2) is 24.6 Å². The first-order valence-corrected chi connectivity index (χ1v) is 7.92. The zero-order chi connectivity index (χ0) is 18.2. The molecular formula is C18H17ClFNO4. The van der Waals surface area contributed by atoms with E-state index >= 15 is 0 Å². The van der Waals surface area contributed by atoms with Gasteiger partial charge >= 0.3 is 5.97 Å². The fourth-order valence-corrected chi connectivity index (χ4v) is 2.11. The van der Waals surface area contributed by atoms with Crippen LogP contribution in [0, 0.1) is 5.82 Å². The fraction of sp³-hybridized carbons (Fsp3) is 0.222. The lowest BCUT2D eigenvalue weighted by molar-refractivity contribution is -0.154. The third-order valence-electron chi connectivity index (χ3n) is 3.22. The van der Waals surface area contributed by atoms with Gasteiger partial charge in [0.25, 0.3) is 5.91 Å². The zero-order valence-corrected chi connectivity index (χ0v) is 14.3. The number of benzene rings is 2. The summed E-state index contributed by atoms with van der Waals surface area (Å²) in [5.41, 5.74) is 0.347. The third-order valence-corrected chi connectivity index (χ3v) is 3.46. The highest BCUT2D eigenvalue weighted by atomic mass is 35.5. The average molecular weight is 366 g/mol. The molecule has 0 aromatic heterocycles. The van der Waals surface area contributed by atoms with Crippen LogP contribution in [0.15, 0.2) is 48.5 Å². The molecule has 2 aromatic rings. The van der Waals surface area contributed by atoms with Crippen LogP contribution in [0.4, 0.5) is 4.39 Å². The Labute approximate surface area is 149 Å². The Morgan fingerprint density at radius 2 is 1.96 bits per heavy atom. The Morgan fingerprint density at radius 1 is 1.20 bits per heavy atom. The minimum atomic E-state index is -0.905. The van der Waals surface area contributed by atoms with Gasteiger partial charge in [0.15, 0.2) is 12.7 Å². The van der Waals surface area contributed by atoms with Crippen LogP contribution in [0.3, 0.4) is 0 Å². The molecule has 0 aliphatic rings. The van der Waals surface area contributed by atoms with Crippen molar-refractivity contribution in [3.05, 3.63) is 64.9 Å². The van der Waals surface area contributed by atoms with E-state index in [1.54, 1.807) is 42.5 Å². The number of hydrogen-bond donors (Lipinski definition) is 1. The molecule has 5 nitrogen and oxygen atoms in total. The molecule has 0 fully saturated rings. The molecule has 1 atom stereocenters. The first kappa shape index (κ1) is 18.7. The molecule has 0 aliphatic carbocycles. The standard InChI is InChI=1S/C18H17ClFNO4/c1-12(25-15-7-4-6-14(19)9-15)18(23)24-11-17(22)21-10-13-5-2-3-8-16(13)20/h2-9,12H,10-11H2,1H3,(H,21,22). The largest absolute Gasteiger partial charge is 0.479 e. The van der Waals surface area contributed by atoms with Crippen molar-refractivity contribution >= 4 is 23.5 Å². The summed E-state index contributed by atoms with van der Waals surface area (Å²) in [4.78, 5) is 23.5. The smallest absolute Gasteiger partial charge is 0.347 e. The van der Waals surface area contributed by atoms with Crippen LogP contribution < -0.4 is 10.1 Å². The molecule has 1 unspecified atom stereocenters. The van der Waals surface area contributed by atoms with Gasteiger partial charge in [-0.25, -0.2) is 9.18 Å². The quantitative estimate of drug-likeness (QED) is 0.766. The predicted octanol–water partition coefficient (Wildman–Crippen LogP) is 3.11. The van der Waals surface area contributed by atoms with Crippen molar-refractivity contribution < 1.29 is 23.5 Å². The number of halogens is 2. The molecule has 0 bridgehead atoms. The lowest BCUT2D eigenvalue weighted by atomic mass is 10.2. The number of rotatable bonds is 7. The number of esters is 1. The molecule has 25 heavy (non-hydrogen) atoms. The van der Waals surface area contributed by atoms with Gasteiger partial charge in [0.1, 0.15) is 11.6 Å². The number of carbonyl (C=O) groups is 2. The molecule has 0 spiro atoms. The van der Waals surface area contributed by atoms with Gasteiger partial charge in [0, 0.05) is 17.1 Å². The molecule has 132 valence electrons. The minimum absolute atomic E-state index is 0.0115. The topological polar surface area (TPSA) is 64.6 Å². The van der Waals surface area contributed by atoms with E-state index in [1.165, 1.54) is 13.0 Å². The maximum atomic E-state index is 13.4. The van der Waals surface area contributed by atoms with Crippen molar-refractivity contribution in [3.8, 4) is 5.75 Å². The lowest BCUT2D eigenvalue weighted by Crippen LogP contribution is -2.32. The van der Waals surface area contributed by atoms with E-state index in [2.05, 4.69) is 5.32 Å². The summed E-state index contributed by atoms with van der Waals surface area (Å²) in [7, 11) is 0. The van der Waals surface area contributed by atoms with Crippen LogP contribution in [-0.2, 0) is 20.9 Å². The average Bonchev–Trinajstić information content (AvgIpc) is 2.59. The van der Waals surface area contributed by atoms with E-state index in [1.807, 2.05) is 0 Å². The molecule has 0 radical (unpaired) electrons. The summed E-state index contributed by atoms with van der Waals surface area (Å²) in [6.07, 6.45) is -0.905. The second kappa shape index (κ2) is 9.03. The van der Waals surface area contributed by atoms with Crippen molar-refractivity contribution in [2.75, 3.05) is 6.61 Å². The van der Waals surface area contributed by atoms with Gasteiger partial charge in [0.2, 0.25) is 0 Å². The molecule has 0 saturated heterocycles. The van der Waals surface area contributed by atoms with E-state index < -0.39 is 30.4 Å². The second-order valence-electron chi connectivity index (χ2n) is 5.19. The molecule has 1 amide bonds. The van der Waals surface area contributed by atoms with Crippen LogP contribution >= 0.6 is 11.6 Å². The number of amides is 1. The highest BCUT2D eigenvalue weighted by Gasteiger charge is 2.18. The predicted molar refractivity (Wildman–Crippen MR) is 90.7 cm³/mol. The summed E-state index contributed by atoms with van der Waals surface area (Å²) in [6.45, 7) is 1.04. The monoisotopic (exact) mass is 365 g/mol. The Hall–Kier alpha value is -2.60. The highest BCUT2D eigenvalue weighted by molar-refractivity contribution is 6.30. The van der Waals surface area contributed by atoms with Crippen LogP contribution in [0.1, 0.15) is 12.5 Å². The Morgan fingerprint density at radius 3 is 2.68 bits per heavy atom. The van der Waals surface area contributed by atoms with E-state index in [9.17, 15) is 14.0 Å². The van der Waals surface area contributed by atoms with Crippen LogP contribution in [0.5, 0.6) is 5.75 Å². The summed E-state index contributed by atoms with van der Waals surface area (Å²) >= 11 is 5.83. The molecule has 0 aliphatic heterocycles. The number of ether oxygens (including phenoxy) is 2. The van der Waals surface area contributed by atoms with Gasteiger partial charge in [0.05, 0.1) is 0 Å². The van der Waals surface area contributed by atoms with E-state index in [4.69, 9.17) is 21.1 Å². The maximum absolute atomic E-state index is 13.4. The molecule has 1 N–H and O–H groups in total. The minimum Gasteiger partial charge on any atom is -0.479 e. The van der Waals surface area contributed by atoms with E-state index in [0.29, 0.717) is 16.3 Å². The fourth-order valence-electron chi connectivity index (χ4n) is 1.93.